The first-order valence-corrected chi connectivity index (χ1v) is 8.43. The molecule has 6 nitrogen and oxygen atoms in total. The number of anilines is 1. The van der Waals surface area contributed by atoms with Crippen molar-refractivity contribution in [1.29, 1.82) is 0 Å². The zero-order valence-electron chi connectivity index (χ0n) is 14.4. The molecule has 1 aromatic carbocycles. The molecule has 2 amide bonds. The van der Waals surface area contributed by atoms with E-state index in [1.54, 1.807) is 36.4 Å². The predicted molar refractivity (Wildman–Crippen MR) is 92.6 cm³/mol. The molecule has 134 valence electrons. The van der Waals surface area contributed by atoms with Crippen LogP contribution in [0, 0.1) is 18.7 Å². The lowest BCUT2D eigenvalue weighted by Crippen LogP contribution is -2.42. The average Bonchev–Trinajstić information content (AvgIpc) is 3.03. The molecular weight excluding hydrogens is 323 g/mol. The second-order valence-corrected chi connectivity index (χ2v) is 6.53. The van der Waals surface area contributed by atoms with Gasteiger partial charge in [-0.25, -0.2) is 14.2 Å². The lowest BCUT2D eigenvalue weighted by molar-refractivity contribution is 0.0599. The van der Waals surface area contributed by atoms with Gasteiger partial charge in [-0.15, -0.1) is 0 Å². The number of hydrogen-bond donors (Lipinski definition) is 2. The molecule has 0 spiro atoms. The topological polar surface area (TPSA) is 70.4 Å². The summed E-state index contributed by atoms with van der Waals surface area (Å²) in [4.78, 5) is 18.3. The summed E-state index contributed by atoms with van der Waals surface area (Å²) in [5.41, 5.74) is 0.913. The molecule has 2 N–H and O–H groups in total. The van der Waals surface area contributed by atoms with Crippen molar-refractivity contribution in [2.45, 2.75) is 25.9 Å². The molecule has 3 rings (SSSR count). The van der Waals surface area contributed by atoms with Crippen molar-refractivity contribution in [2.24, 2.45) is 13.0 Å². The van der Waals surface area contributed by atoms with E-state index < -0.39 is 11.9 Å². The van der Waals surface area contributed by atoms with Crippen molar-refractivity contribution in [3.63, 3.8) is 0 Å². The van der Waals surface area contributed by atoms with Crippen molar-refractivity contribution in [3.05, 3.63) is 47.8 Å². The van der Waals surface area contributed by atoms with Gasteiger partial charge in [0, 0.05) is 32.5 Å². The van der Waals surface area contributed by atoms with Gasteiger partial charge in [-0.3, -0.25) is 0 Å². The fraction of sp³-hybridized carbons (Fsp3) is 0.444. The summed E-state index contributed by atoms with van der Waals surface area (Å²) in [5, 5.41) is 13.2. The maximum absolute atomic E-state index is 13.9. The molecule has 1 aliphatic heterocycles. The second-order valence-electron chi connectivity index (χ2n) is 6.53. The van der Waals surface area contributed by atoms with Gasteiger partial charge in [0.1, 0.15) is 17.7 Å². The van der Waals surface area contributed by atoms with Gasteiger partial charge in [0.05, 0.1) is 5.69 Å². The Hall–Kier alpha value is -2.41. The summed E-state index contributed by atoms with van der Waals surface area (Å²) in [5.74, 6) is 0.263. The molecule has 1 saturated heterocycles. The van der Waals surface area contributed by atoms with E-state index in [9.17, 15) is 14.3 Å². The quantitative estimate of drug-likeness (QED) is 0.898. The number of benzene rings is 1. The number of hydrogen-bond acceptors (Lipinski definition) is 3. The molecule has 1 atom stereocenters. The minimum absolute atomic E-state index is 0.0559. The number of piperidine rings is 1. The fourth-order valence-corrected chi connectivity index (χ4v) is 3.27. The minimum Gasteiger partial charge on any atom is -0.385 e. The highest BCUT2D eigenvalue weighted by Crippen LogP contribution is 2.30. The number of aromatic nitrogens is 2. The maximum atomic E-state index is 13.9. The van der Waals surface area contributed by atoms with Gasteiger partial charge >= 0.3 is 6.03 Å². The molecule has 2 heterocycles. The zero-order valence-corrected chi connectivity index (χ0v) is 14.4. The van der Waals surface area contributed by atoms with E-state index in [1.807, 2.05) is 11.6 Å². The number of aryl methyl sites for hydroxylation is 2. The molecule has 0 aliphatic carbocycles. The van der Waals surface area contributed by atoms with Gasteiger partial charge < -0.3 is 19.9 Å². The number of carbonyl (C=O) groups excluding carboxylic acids is 1. The molecular formula is C18H23FN4O2. The van der Waals surface area contributed by atoms with Crippen molar-refractivity contribution in [3.8, 4) is 0 Å². The molecule has 1 fully saturated rings. The van der Waals surface area contributed by atoms with Crippen LogP contribution in [-0.4, -0.2) is 38.7 Å². The number of rotatable bonds is 3. The monoisotopic (exact) mass is 346 g/mol. The third-order valence-corrected chi connectivity index (χ3v) is 4.85. The molecule has 25 heavy (non-hydrogen) atoms. The number of nitrogens with one attached hydrogen (secondary N) is 1. The Morgan fingerprint density at radius 3 is 2.72 bits per heavy atom. The van der Waals surface area contributed by atoms with Crippen LogP contribution in [0.25, 0.3) is 0 Å². The van der Waals surface area contributed by atoms with Gasteiger partial charge in [0.2, 0.25) is 0 Å². The second kappa shape index (κ2) is 7.23. The standard InChI is InChI=1S/C18H23FN4O2/c1-12-4-3-5-14(19)15(12)21-18(25)23-9-6-13(7-10-23)16(24)17-20-8-11-22(17)2/h3-5,8,11,13,16,24H,6-7,9-10H2,1-2H3,(H,21,25)/t16-/m1/s1. The summed E-state index contributed by atoms with van der Waals surface area (Å²) < 4.78 is 15.7. The third-order valence-electron chi connectivity index (χ3n) is 4.85. The molecule has 0 bridgehead atoms. The van der Waals surface area contributed by atoms with Gasteiger partial charge in [-0.1, -0.05) is 12.1 Å². The number of carbonyl (C=O) groups is 1. The minimum atomic E-state index is -0.640. The van der Waals surface area contributed by atoms with Crippen LogP contribution < -0.4 is 5.32 Å². The first-order chi connectivity index (χ1) is 12.0. The molecule has 0 radical (unpaired) electrons. The van der Waals surface area contributed by atoms with E-state index in [1.165, 1.54) is 6.07 Å². The highest BCUT2D eigenvalue weighted by Gasteiger charge is 2.30. The Morgan fingerprint density at radius 2 is 2.12 bits per heavy atom. The lowest BCUT2D eigenvalue weighted by Gasteiger charge is -2.34. The van der Waals surface area contributed by atoms with Crippen LogP contribution in [0.5, 0.6) is 0 Å². The number of urea groups is 1. The smallest absolute Gasteiger partial charge is 0.321 e. The normalized spacial score (nSPS) is 16.7. The Bertz CT molecular complexity index is 733. The lowest BCUT2D eigenvalue weighted by atomic mass is 9.91. The predicted octanol–water partition coefficient (Wildman–Crippen LogP) is 2.85. The zero-order chi connectivity index (χ0) is 18.0. The van der Waals surface area contributed by atoms with Crippen molar-refractivity contribution in [1.82, 2.24) is 14.5 Å². The number of para-hydroxylation sites is 1. The summed E-state index contributed by atoms with van der Waals surface area (Å²) in [6.07, 6.45) is 4.18. The third kappa shape index (κ3) is 3.66. The van der Waals surface area contributed by atoms with E-state index >= 15 is 0 Å². The van der Waals surface area contributed by atoms with Crippen molar-refractivity contribution >= 4 is 11.7 Å². The van der Waals surface area contributed by atoms with Crippen molar-refractivity contribution in [2.75, 3.05) is 18.4 Å². The van der Waals surface area contributed by atoms with E-state index in [2.05, 4.69) is 10.3 Å². The van der Waals surface area contributed by atoms with Crippen molar-refractivity contribution < 1.29 is 14.3 Å². The van der Waals surface area contributed by atoms with Crippen LogP contribution in [0.15, 0.2) is 30.6 Å². The number of aliphatic hydroxyl groups is 1. The number of nitrogens with zero attached hydrogens (tertiary/aromatic N) is 3. The highest BCUT2D eigenvalue weighted by atomic mass is 19.1. The van der Waals surface area contributed by atoms with Gasteiger partial charge in [-0.05, 0) is 37.3 Å². The molecule has 0 unspecified atom stereocenters. The summed E-state index contributed by atoms with van der Waals surface area (Å²) >= 11 is 0. The summed E-state index contributed by atoms with van der Waals surface area (Å²) in [6.45, 7) is 2.80. The van der Waals surface area contributed by atoms with E-state index in [0.29, 0.717) is 37.3 Å². The van der Waals surface area contributed by atoms with E-state index in [-0.39, 0.29) is 17.6 Å². The van der Waals surface area contributed by atoms with Gasteiger partial charge in [-0.2, -0.15) is 0 Å². The fourth-order valence-electron chi connectivity index (χ4n) is 3.27. The van der Waals surface area contributed by atoms with Gasteiger partial charge in [0.15, 0.2) is 0 Å². The maximum Gasteiger partial charge on any atom is 0.321 e. The summed E-state index contributed by atoms with van der Waals surface area (Å²) in [7, 11) is 1.85. The Balaban J connectivity index is 1.59. The van der Waals surface area contributed by atoms with Crippen LogP contribution >= 0.6 is 0 Å². The number of amides is 2. The Kier molecular flexibility index (Phi) is 5.03. The Labute approximate surface area is 146 Å². The van der Waals surface area contributed by atoms with E-state index in [0.717, 1.165) is 0 Å². The molecule has 7 heteroatoms. The van der Waals surface area contributed by atoms with E-state index in [4.69, 9.17) is 0 Å². The van der Waals surface area contributed by atoms with Gasteiger partial charge in [0.25, 0.3) is 0 Å². The van der Waals surface area contributed by atoms with Crippen LogP contribution in [0.4, 0.5) is 14.9 Å². The number of halogens is 1. The molecule has 1 aromatic heterocycles. The average molecular weight is 346 g/mol. The molecule has 1 aliphatic rings. The summed E-state index contributed by atoms with van der Waals surface area (Å²) in [6, 6.07) is 4.40. The Morgan fingerprint density at radius 1 is 1.40 bits per heavy atom. The van der Waals surface area contributed by atoms with Crippen LogP contribution in [-0.2, 0) is 7.05 Å². The molecule has 0 saturated carbocycles. The van der Waals surface area contributed by atoms with Crippen LogP contribution in [0.3, 0.4) is 0 Å². The van der Waals surface area contributed by atoms with Crippen LogP contribution in [0.1, 0.15) is 30.3 Å². The first kappa shape index (κ1) is 17.4. The molecule has 2 aromatic rings. The SMILES string of the molecule is Cc1cccc(F)c1NC(=O)N1CCC([C@@H](O)c2nccn2C)CC1. The van der Waals surface area contributed by atoms with Crippen LogP contribution in [0.2, 0.25) is 0 Å². The number of likely N-dealkylation sites (tertiary alicyclic amines) is 1. The highest BCUT2D eigenvalue weighted by molar-refractivity contribution is 5.90. The first-order valence-electron chi connectivity index (χ1n) is 8.43. The number of imidazole rings is 1. The number of aliphatic hydroxyl groups excluding tert-OH is 1. The largest absolute Gasteiger partial charge is 0.385 e.